The second kappa shape index (κ2) is 8.89. The topological polar surface area (TPSA) is 93.0 Å². The van der Waals surface area contributed by atoms with Crippen molar-refractivity contribution in [2.45, 2.75) is 19.1 Å². The number of ether oxygens (including phenoxy) is 1. The Morgan fingerprint density at radius 2 is 1.59 bits per heavy atom. The Kier molecular flexibility index (Phi) is 5.85. The fourth-order valence-corrected chi connectivity index (χ4v) is 3.86. The predicted molar refractivity (Wildman–Crippen MR) is 117 cm³/mol. The molecule has 0 aliphatic carbocycles. The molecule has 0 aromatic heterocycles. The van der Waals surface area contributed by atoms with Gasteiger partial charge in [0.15, 0.2) is 0 Å². The largest absolute Gasteiger partial charge is 0.496 e. The van der Waals surface area contributed by atoms with Crippen LogP contribution in [0.5, 0.6) is 5.75 Å². The van der Waals surface area contributed by atoms with Gasteiger partial charge in [0.2, 0.25) is 0 Å². The number of carbonyl (C=O) groups excluding carboxylic acids is 2. The van der Waals surface area contributed by atoms with Gasteiger partial charge in [-0.1, -0.05) is 60.7 Å². The minimum absolute atomic E-state index is 0.128. The standard InChI is InChI=1S/C24H21N3O5/c1-32-21-13-12-20(27(30)31)14-19(21)16-26-23(28)22(18-10-6-3-7-11-18)25(24(26)29)15-17-8-4-2-5-9-17/h2-14,22H,15-16H2,1H3. The van der Waals surface area contributed by atoms with Crippen molar-refractivity contribution >= 4 is 17.6 Å². The van der Waals surface area contributed by atoms with E-state index < -0.39 is 17.0 Å². The minimum Gasteiger partial charge on any atom is -0.496 e. The summed E-state index contributed by atoms with van der Waals surface area (Å²) in [5, 5.41) is 11.2. The molecule has 8 nitrogen and oxygen atoms in total. The van der Waals surface area contributed by atoms with Crippen LogP contribution in [-0.4, -0.2) is 33.8 Å². The van der Waals surface area contributed by atoms with Crippen molar-refractivity contribution < 1.29 is 19.2 Å². The van der Waals surface area contributed by atoms with Crippen LogP contribution >= 0.6 is 0 Å². The highest BCUT2D eigenvalue weighted by molar-refractivity contribution is 6.04. The fourth-order valence-electron chi connectivity index (χ4n) is 3.86. The van der Waals surface area contributed by atoms with E-state index in [-0.39, 0.29) is 24.7 Å². The van der Waals surface area contributed by atoms with Crippen LogP contribution in [0.3, 0.4) is 0 Å². The van der Waals surface area contributed by atoms with Crippen molar-refractivity contribution in [3.05, 3.63) is 106 Å². The molecule has 3 amide bonds. The summed E-state index contributed by atoms with van der Waals surface area (Å²) in [6, 6.07) is 21.4. The van der Waals surface area contributed by atoms with E-state index in [0.717, 1.165) is 10.5 Å². The lowest BCUT2D eigenvalue weighted by Gasteiger charge is -2.22. The molecule has 1 fully saturated rings. The lowest BCUT2D eigenvalue weighted by atomic mass is 10.0. The summed E-state index contributed by atoms with van der Waals surface area (Å²) in [5.74, 6) is -0.0142. The first kappa shape index (κ1) is 21.0. The van der Waals surface area contributed by atoms with Crippen LogP contribution in [0.1, 0.15) is 22.7 Å². The minimum atomic E-state index is -0.784. The molecule has 0 saturated carbocycles. The van der Waals surface area contributed by atoms with Gasteiger partial charge < -0.3 is 9.64 Å². The lowest BCUT2D eigenvalue weighted by Crippen LogP contribution is -2.32. The second-order valence-electron chi connectivity index (χ2n) is 7.39. The maximum Gasteiger partial charge on any atom is 0.328 e. The van der Waals surface area contributed by atoms with Crippen molar-refractivity contribution in [3.8, 4) is 5.75 Å². The highest BCUT2D eigenvalue weighted by atomic mass is 16.6. The number of hydrogen-bond acceptors (Lipinski definition) is 5. The van der Waals surface area contributed by atoms with Gasteiger partial charge in [0, 0.05) is 24.2 Å². The van der Waals surface area contributed by atoms with Gasteiger partial charge >= 0.3 is 6.03 Å². The van der Waals surface area contributed by atoms with Crippen LogP contribution in [0.15, 0.2) is 78.9 Å². The van der Waals surface area contributed by atoms with Crippen molar-refractivity contribution in [2.75, 3.05) is 7.11 Å². The Balaban J connectivity index is 1.71. The Labute approximate surface area is 184 Å². The number of non-ortho nitro benzene ring substituents is 1. The molecule has 1 aliphatic heterocycles. The van der Waals surface area contributed by atoms with Crippen LogP contribution < -0.4 is 4.74 Å². The number of amides is 3. The summed E-state index contributed by atoms with van der Waals surface area (Å²) in [6.45, 7) is 0.130. The first-order chi connectivity index (χ1) is 15.5. The summed E-state index contributed by atoms with van der Waals surface area (Å²) < 4.78 is 5.31. The quantitative estimate of drug-likeness (QED) is 0.316. The summed E-state index contributed by atoms with van der Waals surface area (Å²) in [5.41, 5.74) is 1.84. The number of nitro benzene ring substituents is 1. The zero-order chi connectivity index (χ0) is 22.7. The zero-order valence-electron chi connectivity index (χ0n) is 17.4. The molecule has 3 aromatic carbocycles. The Bertz CT molecular complexity index is 1150. The molecule has 1 heterocycles. The summed E-state index contributed by atoms with van der Waals surface area (Å²) in [7, 11) is 1.44. The number of urea groups is 1. The Hall–Kier alpha value is -4.20. The van der Waals surface area contributed by atoms with Gasteiger partial charge in [0.1, 0.15) is 11.8 Å². The first-order valence-corrected chi connectivity index (χ1v) is 10.0. The number of carbonyl (C=O) groups is 2. The van der Waals surface area contributed by atoms with Crippen LogP contribution in [0, 0.1) is 10.1 Å². The van der Waals surface area contributed by atoms with E-state index in [0.29, 0.717) is 16.9 Å². The summed E-state index contributed by atoms with van der Waals surface area (Å²) in [6.07, 6.45) is 0. The Morgan fingerprint density at radius 1 is 0.938 bits per heavy atom. The molecule has 1 aliphatic rings. The van der Waals surface area contributed by atoms with Gasteiger partial charge in [0.05, 0.1) is 18.6 Å². The summed E-state index contributed by atoms with van der Waals surface area (Å²) in [4.78, 5) is 40.2. The molecule has 1 unspecified atom stereocenters. The predicted octanol–water partition coefficient (Wildman–Crippen LogP) is 4.31. The van der Waals surface area contributed by atoms with Crippen LogP contribution in [0.4, 0.5) is 10.5 Å². The van der Waals surface area contributed by atoms with Crippen LogP contribution in [0.2, 0.25) is 0 Å². The number of nitro groups is 1. The van der Waals surface area contributed by atoms with E-state index in [2.05, 4.69) is 0 Å². The molecule has 1 saturated heterocycles. The maximum atomic E-state index is 13.4. The van der Waals surface area contributed by atoms with Crippen LogP contribution in [0.25, 0.3) is 0 Å². The Morgan fingerprint density at radius 3 is 2.22 bits per heavy atom. The third-order valence-corrected chi connectivity index (χ3v) is 5.40. The van der Waals surface area contributed by atoms with E-state index in [4.69, 9.17) is 4.74 Å². The average Bonchev–Trinajstić information content (AvgIpc) is 3.04. The molecule has 8 heteroatoms. The van der Waals surface area contributed by atoms with E-state index in [1.165, 1.54) is 30.2 Å². The molecule has 0 radical (unpaired) electrons. The molecule has 0 bridgehead atoms. The number of imide groups is 1. The van der Waals surface area contributed by atoms with Crippen molar-refractivity contribution in [1.29, 1.82) is 0 Å². The fraction of sp³-hybridized carbons (Fsp3) is 0.167. The van der Waals surface area contributed by atoms with Crippen molar-refractivity contribution in [1.82, 2.24) is 9.80 Å². The van der Waals surface area contributed by atoms with E-state index in [1.54, 1.807) is 0 Å². The third-order valence-electron chi connectivity index (χ3n) is 5.40. The smallest absolute Gasteiger partial charge is 0.328 e. The van der Waals surface area contributed by atoms with E-state index in [1.807, 2.05) is 60.7 Å². The number of hydrogen-bond donors (Lipinski definition) is 0. The van der Waals surface area contributed by atoms with Gasteiger partial charge in [-0.2, -0.15) is 0 Å². The van der Waals surface area contributed by atoms with E-state index in [9.17, 15) is 19.7 Å². The average molecular weight is 431 g/mol. The third kappa shape index (κ3) is 4.02. The van der Waals surface area contributed by atoms with Crippen molar-refractivity contribution in [2.24, 2.45) is 0 Å². The number of rotatable bonds is 7. The highest BCUT2D eigenvalue weighted by Gasteiger charge is 2.46. The molecule has 3 aromatic rings. The molecule has 162 valence electrons. The SMILES string of the molecule is COc1ccc([N+](=O)[O-])cc1CN1C(=O)C(c2ccccc2)N(Cc2ccccc2)C1=O. The molecule has 32 heavy (non-hydrogen) atoms. The first-order valence-electron chi connectivity index (χ1n) is 10.0. The molecule has 0 spiro atoms. The monoisotopic (exact) mass is 431 g/mol. The van der Waals surface area contributed by atoms with Gasteiger partial charge in [-0.05, 0) is 17.2 Å². The van der Waals surface area contributed by atoms with Gasteiger partial charge in [-0.25, -0.2) is 4.79 Å². The highest BCUT2D eigenvalue weighted by Crippen LogP contribution is 2.35. The molecule has 4 rings (SSSR count). The number of nitrogens with zero attached hydrogens (tertiary/aromatic N) is 3. The van der Waals surface area contributed by atoms with E-state index >= 15 is 0 Å². The van der Waals surface area contributed by atoms with Gasteiger partial charge in [0.25, 0.3) is 11.6 Å². The lowest BCUT2D eigenvalue weighted by molar-refractivity contribution is -0.384. The molecular formula is C24H21N3O5. The van der Waals surface area contributed by atoms with Gasteiger partial charge in [-0.3, -0.25) is 19.8 Å². The van der Waals surface area contributed by atoms with Crippen LogP contribution in [-0.2, 0) is 17.9 Å². The van der Waals surface area contributed by atoms with Crippen molar-refractivity contribution in [3.63, 3.8) is 0 Å². The normalized spacial score (nSPS) is 15.8. The zero-order valence-corrected chi connectivity index (χ0v) is 17.4. The maximum absolute atomic E-state index is 13.4. The number of benzene rings is 3. The molecule has 1 atom stereocenters. The van der Waals surface area contributed by atoms with Gasteiger partial charge in [-0.15, -0.1) is 0 Å². The molecule has 0 N–H and O–H groups in total. The molecular weight excluding hydrogens is 410 g/mol. The summed E-state index contributed by atoms with van der Waals surface area (Å²) >= 11 is 0. The second-order valence-corrected chi connectivity index (χ2v) is 7.39. The number of methoxy groups -OCH3 is 1.